The largest absolute Gasteiger partial charge is 0.493 e. The molecule has 3 aromatic heterocycles. The average molecular weight is 439 g/mol. The third-order valence-corrected chi connectivity index (χ3v) is 5.29. The Balaban J connectivity index is 1.38. The van der Waals surface area contributed by atoms with Gasteiger partial charge in [-0.1, -0.05) is 17.3 Å². The normalized spacial score (nSPS) is 10.8. The van der Waals surface area contributed by atoms with Crippen LogP contribution in [0.25, 0.3) is 11.4 Å². The number of aryl methyl sites for hydroxylation is 1. The second-order valence-electron chi connectivity index (χ2n) is 6.60. The van der Waals surface area contributed by atoms with Gasteiger partial charge in [0.25, 0.3) is 0 Å². The fourth-order valence-corrected chi connectivity index (χ4v) is 3.73. The highest BCUT2D eigenvalue weighted by Crippen LogP contribution is 2.31. The summed E-state index contributed by atoms with van der Waals surface area (Å²) in [7, 11) is 3.18. The van der Waals surface area contributed by atoms with Gasteiger partial charge in [0.2, 0.25) is 17.6 Å². The maximum Gasteiger partial charge on any atom is 0.227 e. The van der Waals surface area contributed by atoms with Gasteiger partial charge in [-0.05, 0) is 17.5 Å². The predicted molar refractivity (Wildman–Crippen MR) is 115 cm³/mol. The molecule has 1 amide bonds. The van der Waals surface area contributed by atoms with Crippen molar-refractivity contribution in [2.24, 2.45) is 0 Å². The maximum atomic E-state index is 12.5. The van der Waals surface area contributed by atoms with Crippen LogP contribution < -0.4 is 14.8 Å². The fraction of sp³-hybridized carbons (Fsp3) is 0.238. The van der Waals surface area contributed by atoms with Crippen LogP contribution in [0.2, 0.25) is 0 Å². The number of anilines is 1. The minimum atomic E-state index is -0.172. The second-order valence-corrected chi connectivity index (χ2v) is 7.38. The van der Waals surface area contributed by atoms with Crippen molar-refractivity contribution in [1.29, 1.82) is 0 Å². The summed E-state index contributed by atoms with van der Waals surface area (Å²) >= 11 is 1.56. The first-order valence-electron chi connectivity index (χ1n) is 9.54. The highest BCUT2D eigenvalue weighted by Gasteiger charge is 2.15. The Labute approximate surface area is 182 Å². The van der Waals surface area contributed by atoms with E-state index in [1.807, 2.05) is 35.0 Å². The van der Waals surface area contributed by atoms with Crippen LogP contribution in [0.1, 0.15) is 17.9 Å². The first kappa shape index (κ1) is 20.6. The first-order valence-corrected chi connectivity index (χ1v) is 10.5. The van der Waals surface area contributed by atoms with E-state index in [1.54, 1.807) is 42.5 Å². The monoisotopic (exact) mass is 439 g/mol. The number of benzene rings is 1. The van der Waals surface area contributed by atoms with E-state index in [9.17, 15) is 4.79 Å². The second kappa shape index (κ2) is 9.43. The number of carbonyl (C=O) groups excluding carboxylic acids is 1. The van der Waals surface area contributed by atoms with Gasteiger partial charge in [0.15, 0.2) is 11.5 Å². The van der Waals surface area contributed by atoms with Crippen LogP contribution in [-0.2, 0) is 17.8 Å². The minimum Gasteiger partial charge on any atom is -0.493 e. The molecule has 1 N–H and O–H groups in total. The molecule has 0 saturated carbocycles. The van der Waals surface area contributed by atoms with E-state index in [0.717, 1.165) is 11.1 Å². The molecule has 4 aromatic rings. The van der Waals surface area contributed by atoms with Gasteiger partial charge in [0.1, 0.15) is 5.82 Å². The first-order chi connectivity index (χ1) is 15.2. The molecule has 1 aromatic carbocycles. The molecule has 0 unspecified atom stereocenters. The van der Waals surface area contributed by atoms with E-state index in [0.29, 0.717) is 42.0 Å². The zero-order chi connectivity index (χ0) is 21.6. The molecular weight excluding hydrogens is 418 g/mol. The van der Waals surface area contributed by atoms with Crippen LogP contribution in [0.3, 0.4) is 0 Å². The number of nitrogens with zero attached hydrogens (tertiary/aromatic N) is 4. The third-order valence-electron chi connectivity index (χ3n) is 4.60. The Bertz CT molecular complexity index is 1150. The van der Waals surface area contributed by atoms with Crippen LogP contribution in [0.5, 0.6) is 11.5 Å². The maximum absolute atomic E-state index is 12.5. The zero-order valence-corrected chi connectivity index (χ0v) is 17.9. The summed E-state index contributed by atoms with van der Waals surface area (Å²) in [4.78, 5) is 16.8. The summed E-state index contributed by atoms with van der Waals surface area (Å²) in [5.41, 5.74) is 1.79. The van der Waals surface area contributed by atoms with Crippen molar-refractivity contribution < 1.29 is 18.8 Å². The SMILES string of the molecule is COc1cccc(Cn2nccc2NC(=O)CCc2nc(-c3ccsc3)no2)c1OC. The van der Waals surface area contributed by atoms with E-state index in [4.69, 9.17) is 14.0 Å². The molecule has 0 saturated heterocycles. The molecule has 0 radical (unpaired) electrons. The smallest absolute Gasteiger partial charge is 0.227 e. The molecule has 0 spiro atoms. The van der Waals surface area contributed by atoms with Gasteiger partial charge in [0, 0.05) is 35.4 Å². The van der Waals surface area contributed by atoms with E-state index >= 15 is 0 Å². The summed E-state index contributed by atoms with van der Waals surface area (Å²) in [6, 6.07) is 9.30. The van der Waals surface area contributed by atoms with E-state index < -0.39 is 0 Å². The molecule has 0 bridgehead atoms. The van der Waals surface area contributed by atoms with Crippen LogP contribution in [0, 0.1) is 0 Å². The number of thiophene rings is 1. The van der Waals surface area contributed by atoms with Crippen LogP contribution >= 0.6 is 11.3 Å². The third kappa shape index (κ3) is 4.75. The molecule has 4 rings (SSSR count). The number of hydrogen-bond donors (Lipinski definition) is 1. The van der Waals surface area contributed by atoms with Gasteiger partial charge in [-0.2, -0.15) is 21.4 Å². The van der Waals surface area contributed by atoms with Crippen molar-refractivity contribution in [3.63, 3.8) is 0 Å². The molecule has 0 atom stereocenters. The number of hydrogen-bond acceptors (Lipinski definition) is 8. The number of nitrogens with one attached hydrogen (secondary N) is 1. The molecule has 31 heavy (non-hydrogen) atoms. The van der Waals surface area contributed by atoms with Crippen molar-refractivity contribution in [2.45, 2.75) is 19.4 Å². The number of methoxy groups -OCH3 is 2. The van der Waals surface area contributed by atoms with Gasteiger partial charge in [-0.25, -0.2) is 4.68 Å². The van der Waals surface area contributed by atoms with E-state index in [1.165, 1.54) is 0 Å². The van der Waals surface area contributed by atoms with Crippen LogP contribution in [-0.4, -0.2) is 40.0 Å². The summed E-state index contributed by atoms with van der Waals surface area (Å²) in [6.45, 7) is 0.413. The number of aromatic nitrogens is 4. The van der Waals surface area contributed by atoms with Gasteiger partial charge in [-0.3, -0.25) is 4.79 Å². The minimum absolute atomic E-state index is 0.172. The Morgan fingerprint density at radius 2 is 2.13 bits per heavy atom. The quantitative estimate of drug-likeness (QED) is 0.425. The fourth-order valence-electron chi connectivity index (χ4n) is 3.10. The Kier molecular flexibility index (Phi) is 6.27. The van der Waals surface area contributed by atoms with Gasteiger partial charge in [0.05, 0.1) is 27.0 Å². The molecule has 160 valence electrons. The highest BCUT2D eigenvalue weighted by atomic mass is 32.1. The van der Waals surface area contributed by atoms with Crippen molar-refractivity contribution >= 4 is 23.1 Å². The number of rotatable bonds is 9. The molecular formula is C21H21N5O4S. The van der Waals surface area contributed by atoms with Crippen molar-refractivity contribution in [3.05, 3.63) is 58.7 Å². The molecule has 3 heterocycles. The van der Waals surface area contributed by atoms with Gasteiger partial charge in [-0.15, -0.1) is 0 Å². The van der Waals surface area contributed by atoms with Crippen molar-refractivity contribution in [1.82, 2.24) is 19.9 Å². The summed E-state index contributed by atoms with van der Waals surface area (Å²) < 4.78 is 17.8. The topological polar surface area (TPSA) is 104 Å². The lowest BCUT2D eigenvalue weighted by molar-refractivity contribution is -0.116. The Hall–Kier alpha value is -3.66. The highest BCUT2D eigenvalue weighted by molar-refractivity contribution is 7.08. The predicted octanol–water partition coefficient (Wildman–Crippen LogP) is 3.63. The average Bonchev–Trinajstić information content (AvgIpc) is 3.54. The van der Waals surface area contributed by atoms with Gasteiger partial charge >= 0.3 is 0 Å². The lowest BCUT2D eigenvalue weighted by Gasteiger charge is -2.14. The lowest BCUT2D eigenvalue weighted by Crippen LogP contribution is -2.16. The van der Waals surface area contributed by atoms with Crippen LogP contribution in [0.15, 0.2) is 51.8 Å². The number of para-hydroxylation sites is 1. The zero-order valence-electron chi connectivity index (χ0n) is 17.1. The molecule has 0 aliphatic rings. The van der Waals surface area contributed by atoms with Crippen molar-refractivity contribution in [2.75, 3.05) is 19.5 Å². The summed E-state index contributed by atoms with van der Waals surface area (Å²) in [5, 5.41) is 15.0. The summed E-state index contributed by atoms with van der Waals surface area (Å²) in [5.74, 6) is 2.64. The number of ether oxygens (including phenoxy) is 2. The van der Waals surface area contributed by atoms with Crippen molar-refractivity contribution in [3.8, 4) is 22.9 Å². The standard InChI is InChI=1S/C21H21N5O4S/c1-28-16-5-3-4-14(20(16)29-2)12-26-17(8-10-22-26)23-18(27)6-7-19-24-21(25-30-19)15-9-11-31-13-15/h3-5,8-11,13H,6-7,12H2,1-2H3,(H,23,27). The van der Waals surface area contributed by atoms with Gasteiger partial charge < -0.3 is 19.3 Å². The van der Waals surface area contributed by atoms with E-state index in [2.05, 4.69) is 20.6 Å². The van der Waals surface area contributed by atoms with Crippen LogP contribution in [0.4, 0.5) is 5.82 Å². The molecule has 10 heteroatoms. The number of amides is 1. The molecule has 0 fully saturated rings. The molecule has 0 aliphatic heterocycles. The summed E-state index contributed by atoms with van der Waals surface area (Å²) in [6.07, 6.45) is 2.19. The lowest BCUT2D eigenvalue weighted by atomic mass is 10.2. The molecule has 0 aliphatic carbocycles. The Morgan fingerprint density at radius 3 is 2.90 bits per heavy atom. The van der Waals surface area contributed by atoms with E-state index in [-0.39, 0.29) is 12.3 Å². The Morgan fingerprint density at radius 1 is 1.23 bits per heavy atom. The molecule has 9 nitrogen and oxygen atoms in total. The number of carbonyl (C=O) groups is 1.